The molecule has 1 aromatic rings. The summed E-state index contributed by atoms with van der Waals surface area (Å²) in [4.78, 5) is 26.7. The van der Waals surface area contributed by atoms with Crippen molar-refractivity contribution in [3.63, 3.8) is 0 Å². The second-order valence-corrected chi connectivity index (χ2v) is 5.22. The highest BCUT2D eigenvalue weighted by Crippen LogP contribution is 2.20. The minimum atomic E-state index is -0.127. The first-order valence-electron chi connectivity index (χ1n) is 5.74. The number of nitrogens with zero attached hydrogens (tertiary/aromatic N) is 2. The van der Waals surface area contributed by atoms with Crippen LogP contribution in [0.25, 0.3) is 0 Å². The molecule has 2 heterocycles. The Kier molecular flexibility index (Phi) is 3.96. The predicted molar refractivity (Wildman–Crippen MR) is 68.9 cm³/mol. The second-order valence-electron chi connectivity index (χ2n) is 4.27. The van der Waals surface area contributed by atoms with Crippen LogP contribution < -0.4 is 0 Å². The molecule has 1 aromatic heterocycles. The van der Waals surface area contributed by atoms with Crippen LogP contribution in [-0.4, -0.2) is 46.8 Å². The quantitative estimate of drug-likeness (QED) is 0.826. The monoisotopic (exact) mass is 268 g/mol. The summed E-state index contributed by atoms with van der Waals surface area (Å²) in [6, 6.07) is 3.51. The smallest absolute Gasteiger partial charge is 0.242 e. The lowest BCUT2D eigenvalue weighted by atomic mass is 10.2. The fourth-order valence-corrected chi connectivity index (χ4v) is 2.66. The van der Waals surface area contributed by atoms with Crippen LogP contribution in [0, 0.1) is 0 Å². The maximum absolute atomic E-state index is 12.1. The average Bonchev–Trinajstić information content (AvgIpc) is 3.00. The third kappa shape index (κ3) is 2.69. The Balaban J connectivity index is 1.94. The molecular weight excluding hydrogens is 252 g/mol. The lowest BCUT2D eigenvalue weighted by molar-refractivity contribution is -0.138. The van der Waals surface area contributed by atoms with Crippen LogP contribution in [0.1, 0.15) is 18.7 Å². The first-order valence-corrected chi connectivity index (χ1v) is 6.89. The molecule has 98 valence electrons. The minimum Gasteiger partial charge on any atom is -0.467 e. The van der Waals surface area contributed by atoms with E-state index < -0.39 is 0 Å². The Bertz CT molecular complexity index is 433. The molecule has 0 aliphatic carbocycles. The van der Waals surface area contributed by atoms with Gasteiger partial charge in [-0.1, -0.05) is 0 Å². The van der Waals surface area contributed by atoms with Crippen LogP contribution in [0.15, 0.2) is 22.8 Å². The lowest BCUT2D eigenvalue weighted by Crippen LogP contribution is -2.40. The average molecular weight is 268 g/mol. The van der Waals surface area contributed by atoms with Gasteiger partial charge < -0.3 is 14.2 Å². The van der Waals surface area contributed by atoms with E-state index >= 15 is 0 Å². The van der Waals surface area contributed by atoms with E-state index in [0.29, 0.717) is 11.6 Å². The van der Waals surface area contributed by atoms with Crippen molar-refractivity contribution >= 4 is 23.6 Å². The SMILES string of the molecule is CC(c1ccco1)N(C)C(=O)CN1CSCC1=O. The summed E-state index contributed by atoms with van der Waals surface area (Å²) in [6.45, 7) is 2.05. The van der Waals surface area contributed by atoms with Crippen LogP contribution in [0.2, 0.25) is 0 Å². The first kappa shape index (κ1) is 13.0. The maximum Gasteiger partial charge on any atom is 0.242 e. The van der Waals surface area contributed by atoms with Gasteiger partial charge in [-0.05, 0) is 19.1 Å². The van der Waals surface area contributed by atoms with Gasteiger partial charge >= 0.3 is 0 Å². The standard InChI is InChI=1S/C12H16N2O3S/c1-9(10-4-3-5-17-10)13(2)11(15)6-14-8-18-7-12(14)16/h3-5,9H,6-8H2,1-2H3. The zero-order valence-corrected chi connectivity index (χ0v) is 11.3. The van der Waals surface area contributed by atoms with Gasteiger partial charge in [-0.2, -0.15) is 0 Å². The summed E-state index contributed by atoms with van der Waals surface area (Å²) in [5.74, 6) is 1.79. The van der Waals surface area contributed by atoms with Crippen molar-refractivity contribution in [2.75, 3.05) is 25.2 Å². The lowest BCUT2D eigenvalue weighted by Gasteiger charge is -2.25. The van der Waals surface area contributed by atoms with Gasteiger partial charge in [-0.25, -0.2) is 0 Å². The van der Waals surface area contributed by atoms with Crippen LogP contribution in [0.3, 0.4) is 0 Å². The molecular formula is C12H16N2O3S. The van der Waals surface area contributed by atoms with E-state index in [9.17, 15) is 9.59 Å². The van der Waals surface area contributed by atoms with Gasteiger partial charge in [-0.15, -0.1) is 11.8 Å². The number of thioether (sulfide) groups is 1. The number of hydrogen-bond donors (Lipinski definition) is 0. The molecule has 2 rings (SSSR count). The molecule has 6 heteroatoms. The van der Waals surface area contributed by atoms with Crippen LogP contribution in [0.5, 0.6) is 0 Å². The predicted octanol–water partition coefficient (Wildman–Crippen LogP) is 1.33. The van der Waals surface area contributed by atoms with Gasteiger partial charge in [0.25, 0.3) is 0 Å². The van der Waals surface area contributed by atoms with Crippen molar-refractivity contribution in [2.45, 2.75) is 13.0 Å². The highest BCUT2D eigenvalue weighted by atomic mass is 32.2. The molecule has 1 fully saturated rings. The molecule has 0 radical (unpaired) electrons. The minimum absolute atomic E-state index is 0.0346. The van der Waals surface area contributed by atoms with Gasteiger partial charge in [0.05, 0.1) is 23.9 Å². The first-order chi connectivity index (χ1) is 8.59. The van der Waals surface area contributed by atoms with E-state index in [1.165, 1.54) is 11.8 Å². The Morgan fingerprint density at radius 2 is 2.44 bits per heavy atom. The van der Waals surface area contributed by atoms with E-state index in [-0.39, 0.29) is 24.4 Å². The van der Waals surface area contributed by atoms with E-state index in [4.69, 9.17) is 4.42 Å². The number of carbonyl (C=O) groups is 2. The molecule has 1 unspecified atom stereocenters. The summed E-state index contributed by atoms with van der Waals surface area (Å²) in [7, 11) is 1.73. The number of hydrogen-bond acceptors (Lipinski definition) is 4. The molecule has 1 aliphatic heterocycles. The van der Waals surface area contributed by atoms with E-state index in [2.05, 4.69) is 0 Å². The second kappa shape index (κ2) is 5.48. The number of furan rings is 1. The van der Waals surface area contributed by atoms with E-state index in [0.717, 1.165) is 5.76 Å². The summed E-state index contributed by atoms with van der Waals surface area (Å²) in [6.07, 6.45) is 1.59. The van der Waals surface area contributed by atoms with Gasteiger partial charge in [0, 0.05) is 7.05 Å². The van der Waals surface area contributed by atoms with Crippen LogP contribution in [-0.2, 0) is 9.59 Å². The Morgan fingerprint density at radius 1 is 1.67 bits per heavy atom. The van der Waals surface area contributed by atoms with Crippen molar-refractivity contribution in [2.24, 2.45) is 0 Å². The Labute approximate surface area is 110 Å². The molecule has 2 amide bonds. The summed E-state index contributed by atoms with van der Waals surface area (Å²) >= 11 is 1.54. The number of rotatable bonds is 4. The van der Waals surface area contributed by atoms with Gasteiger partial charge in [0.2, 0.25) is 11.8 Å². The fourth-order valence-electron chi connectivity index (χ4n) is 1.75. The van der Waals surface area contributed by atoms with Crippen molar-refractivity contribution in [3.05, 3.63) is 24.2 Å². The fraction of sp³-hybridized carbons (Fsp3) is 0.500. The molecule has 18 heavy (non-hydrogen) atoms. The van der Waals surface area contributed by atoms with Crippen molar-refractivity contribution in [3.8, 4) is 0 Å². The molecule has 5 nitrogen and oxygen atoms in total. The van der Waals surface area contributed by atoms with Gasteiger partial charge in [0.15, 0.2) is 0 Å². The number of likely N-dealkylation sites (N-methyl/N-ethyl adjacent to an activating group) is 1. The van der Waals surface area contributed by atoms with Gasteiger partial charge in [-0.3, -0.25) is 9.59 Å². The normalized spacial score (nSPS) is 17.0. The summed E-state index contributed by atoms with van der Waals surface area (Å²) in [5.41, 5.74) is 0. The molecule has 1 aliphatic rings. The Hall–Kier alpha value is -1.43. The topological polar surface area (TPSA) is 53.8 Å². The molecule has 0 bridgehead atoms. The number of amides is 2. The Morgan fingerprint density at radius 3 is 3.00 bits per heavy atom. The largest absolute Gasteiger partial charge is 0.467 e. The van der Waals surface area contributed by atoms with Crippen molar-refractivity contribution in [1.82, 2.24) is 9.80 Å². The summed E-state index contributed by atoms with van der Waals surface area (Å²) in [5, 5.41) is 0. The van der Waals surface area contributed by atoms with Crippen molar-refractivity contribution in [1.29, 1.82) is 0 Å². The van der Waals surface area contributed by atoms with E-state index in [1.54, 1.807) is 29.2 Å². The van der Waals surface area contributed by atoms with E-state index in [1.807, 2.05) is 13.0 Å². The molecule has 0 N–H and O–H groups in total. The third-order valence-electron chi connectivity index (χ3n) is 3.08. The molecule has 1 saturated heterocycles. The zero-order chi connectivity index (χ0) is 13.1. The third-order valence-corrected chi connectivity index (χ3v) is 4.03. The van der Waals surface area contributed by atoms with Crippen LogP contribution >= 0.6 is 11.8 Å². The molecule has 0 saturated carbocycles. The van der Waals surface area contributed by atoms with Gasteiger partial charge in [0.1, 0.15) is 12.3 Å². The van der Waals surface area contributed by atoms with Crippen LogP contribution in [0.4, 0.5) is 0 Å². The number of carbonyl (C=O) groups excluding carboxylic acids is 2. The highest BCUT2D eigenvalue weighted by molar-refractivity contribution is 8.00. The zero-order valence-electron chi connectivity index (χ0n) is 10.5. The molecule has 0 aromatic carbocycles. The molecule has 0 spiro atoms. The van der Waals surface area contributed by atoms with Crippen molar-refractivity contribution < 1.29 is 14.0 Å². The maximum atomic E-state index is 12.1. The molecule has 1 atom stereocenters. The summed E-state index contributed by atoms with van der Waals surface area (Å²) < 4.78 is 5.28. The highest BCUT2D eigenvalue weighted by Gasteiger charge is 2.26.